The molecule has 0 aromatic heterocycles. The average molecular weight is 378 g/mol. The zero-order valence-corrected chi connectivity index (χ0v) is 16.1. The first-order valence-electron chi connectivity index (χ1n) is 9.69. The number of amides is 2. The Bertz CT molecular complexity index is 797. The van der Waals surface area contributed by atoms with E-state index in [4.69, 9.17) is 0 Å². The van der Waals surface area contributed by atoms with Crippen LogP contribution in [0, 0.1) is 0 Å². The Morgan fingerprint density at radius 3 is 2.31 bits per heavy atom. The Hall–Kier alpha value is -1.60. The van der Waals surface area contributed by atoms with Gasteiger partial charge in [-0.3, -0.25) is 0 Å². The van der Waals surface area contributed by atoms with E-state index in [-0.39, 0.29) is 0 Å². The van der Waals surface area contributed by atoms with Crippen molar-refractivity contribution in [3.63, 3.8) is 0 Å². The number of carbonyl (C=O) groups is 1. The van der Waals surface area contributed by atoms with Crippen LogP contribution in [0.1, 0.15) is 48.4 Å². The summed E-state index contributed by atoms with van der Waals surface area (Å²) >= 11 is 0. The predicted octanol–water partition coefficient (Wildman–Crippen LogP) is 2.21. The minimum atomic E-state index is -3.63. The van der Waals surface area contributed by atoms with Gasteiger partial charge in [-0.2, -0.15) is 0 Å². The molecule has 1 aromatic rings. The van der Waals surface area contributed by atoms with Gasteiger partial charge < -0.3 is 10.2 Å². The molecule has 2 aliphatic carbocycles. The van der Waals surface area contributed by atoms with Gasteiger partial charge in [0.2, 0.25) is 10.0 Å². The standard InChI is InChI=1S/C19H27N3O3S/c1-2-9-22-11-15(12-22)26(24,25)21-19(23)20-18-16-7-3-5-13(16)10-14-6-4-8-17(14)18/h10,15H,2-9,11-12H2,1H3,(H2,20,21,23). The molecule has 4 rings (SSSR count). The van der Waals surface area contributed by atoms with E-state index >= 15 is 0 Å². The summed E-state index contributed by atoms with van der Waals surface area (Å²) in [4.78, 5) is 14.6. The zero-order chi connectivity index (χ0) is 18.3. The maximum atomic E-state index is 12.5. The van der Waals surface area contributed by atoms with Crippen molar-refractivity contribution in [3.05, 3.63) is 28.3 Å². The summed E-state index contributed by atoms with van der Waals surface area (Å²) in [6.07, 6.45) is 7.22. The number of benzene rings is 1. The molecule has 2 amide bonds. The van der Waals surface area contributed by atoms with Crippen LogP contribution in [0.2, 0.25) is 0 Å². The number of sulfonamides is 1. The van der Waals surface area contributed by atoms with Gasteiger partial charge in [0, 0.05) is 18.8 Å². The molecule has 142 valence electrons. The van der Waals surface area contributed by atoms with E-state index in [2.05, 4.69) is 27.9 Å². The quantitative estimate of drug-likeness (QED) is 0.825. The fourth-order valence-corrected chi connectivity index (χ4v) is 5.83. The van der Waals surface area contributed by atoms with Gasteiger partial charge in [-0.05, 0) is 73.7 Å². The SMILES string of the molecule is CCCN1CC(S(=O)(=O)NC(=O)Nc2c3c(cc4c2CCC4)CCC3)C1. The monoisotopic (exact) mass is 377 g/mol. The van der Waals surface area contributed by atoms with Gasteiger partial charge in [-0.1, -0.05) is 13.0 Å². The Morgan fingerprint density at radius 2 is 1.73 bits per heavy atom. The Kier molecular flexibility index (Phi) is 4.69. The van der Waals surface area contributed by atoms with E-state index in [1.807, 2.05) is 0 Å². The predicted molar refractivity (Wildman–Crippen MR) is 102 cm³/mol. The molecular weight excluding hydrogens is 350 g/mol. The number of likely N-dealkylation sites (tertiary alicyclic amines) is 1. The largest absolute Gasteiger partial charge is 0.332 e. The Morgan fingerprint density at radius 1 is 1.12 bits per heavy atom. The fourth-order valence-electron chi connectivity index (χ4n) is 4.54. The number of nitrogens with one attached hydrogen (secondary N) is 2. The zero-order valence-electron chi connectivity index (χ0n) is 15.3. The fraction of sp³-hybridized carbons (Fsp3) is 0.632. The van der Waals surface area contributed by atoms with Crippen molar-refractivity contribution in [2.75, 3.05) is 25.0 Å². The van der Waals surface area contributed by atoms with E-state index in [9.17, 15) is 13.2 Å². The van der Waals surface area contributed by atoms with Gasteiger partial charge in [0.25, 0.3) is 0 Å². The van der Waals surface area contributed by atoms with E-state index in [1.54, 1.807) is 0 Å². The van der Waals surface area contributed by atoms with Gasteiger partial charge >= 0.3 is 6.03 Å². The van der Waals surface area contributed by atoms with Crippen molar-refractivity contribution >= 4 is 21.7 Å². The maximum absolute atomic E-state index is 12.5. The summed E-state index contributed by atoms with van der Waals surface area (Å²) in [5.41, 5.74) is 5.92. The van der Waals surface area contributed by atoms with Crippen LogP contribution < -0.4 is 10.0 Å². The highest BCUT2D eigenvalue weighted by Gasteiger charge is 2.38. The Balaban J connectivity index is 1.46. The van der Waals surface area contributed by atoms with Gasteiger partial charge in [0.15, 0.2) is 0 Å². The molecule has 7 heteroatoms. The first kappa shape index (κ1) is 17.8. The second kappa shape index (κ2) is 6.85. The molecule has 2 N–H and O–H groups in total. The lowest BCUT2D eigenvalue weighted by molar-refractivity contribution is 0.184. The molecule has 26 heavy (non-hydrogen) atoms. The third kappa shape index (κ3) is 3.22. The molecule has 1 saturated heterocycles. The number of anilines is 1. The van der Waals surface area contributed by atoms with Crippen molar-refractivity contribution in [1.29, 1.82) is 0 Å². The number of urea groups is 1. The number of carbonyl (C=O) groups excluding carboxylic acids is 1. The molecule has 0 spiro atoms. The molecule has 3 aliphatic rings. The van der Waals surface area contributed by atoms with Gasteiger partial charge in [-0.25, -0.2) is 17.9 Å². The van der Waals surface area contributed by atoms with Gasteiger partial charge in [0.05, 0.1) is 0 Å². The lowest BCUT2D eigenvalue weighted by Crippen LogP contribution is -2.58. The molecule has 1 heterocycles. The molecule has 1 fully saturated rings. The van der Waals surface area contributed by atoms with Crippen molar-refractivity contribution in [1.82, 2.24) is 9.62 Å². The second-order valence-electron chi connectivity index (χ2n) is 7.72. The summed E-state index contributed by atoms with van der Waals surface area (Å²) < 4.78 is 27.1. The summed E-state index contributed by atoms with van der Waals surface area (Å²) in [5, 5.41) is 2.40. The van der Waals surface area contributed by atoms with Crippen LogP contribution in [0.5, 0.6) is 0 Å². The van der Waals surface area contributed by atoms with E-state index < -0.39 is 21.3 Å². The minimum absolute atomic E-state index is 0.494. The smallest absolute Gasteiger partial charge is 0.307 e. The molecule has 0 unspecified atom stereocenters. The number of rotatable bonds is 5. The molecule has 6 nitrogen and oxygen atoms in total. The van der Waals surface area contributed by atoms with Crippen LogP contribution in [0.25, 0.3) is 0 Å². The topological polar surface area (TPSA) is 78.5 Å². The molecule has 1 aliphatic heterocycles. The lowest BCUT2D eigenvalue weighted by atomic mass is 9.99. The van der Waals surface area contributed by atoms with E-state index in [0.717, 1.165) is 57.2 Å². The van der Waals surface area contributed by atoms with Gasteiger partial charge in [-0.15, -0.1) is 0 Å². The molecule has 0 saturated carbocycles. The highest BCUT2D eigenvalue weighted by atomic mass is 32.2. The average Bonchev–Trinajstić information content (AvgIpc) is 3.18. The van der Waals surface area contributed by atoms with E-state index in [0.29, 0.717) is 13.1 Å². The third-order valence-electron chi connectivity index (χ3n) is 5.85. The third-order valence-corrected chi connectivity index (χ3v) is 7.49. The van der Waals surface area contributed by atoms with Crippen LogP contribution in [-0.2, 0) is 35.7 Å². The van der Waals surface area contributed by atoms with Crippen molar-refractivity contribution in [2.24, 2.45) is 0 Å². The number of hydrogen-bond donors (Lipinski definition) is 2. The van der Waals surface area contributed by atoms with Crippen LogP contribution in [-0.4, -0.2) is 44.2 Å². The first-order valence-corrected chi connectivity index (χ1v) is 11.2. The van der Waals surface area contributed by atoms with Crippen LogP contribution in [0.3, 0.4) is 0 Å². The highest BCUT2D eigenvalue weighted by molar-refractivity contribution is 7.90. The molecule has 1 aromatic carbocycles. The van der Waals surface area contributed by atoms with Gasteiger partial charge in [0.1, 0.15) is 5.25 Å². The van der Waals surface area contributed by atoms with Crippen LogP contribution >= 0.6 is 0 Å². The second-order valence-corrected chi connectivity index (χ2v) is 9.68. The minimum Gasteiger partial charge on any atom is -0.307 e. The van der Waals surface area contributed by atoms with Crippen molar-refractivity contribution in [3.8, 4) is 0 Å². The summed E-state index contributed by atoms with van der Waals surface area (Å²) in [5.74, 6) is 0. The lowest BCUT2D eigenvalue weighted by Gasteiger charge is -2.38. The normalized spacial score (nSPS) is 19.7. The van der Waals surface area contributed by atoms with E-state index in [1.165, 1.54) is 22.3 Å². The maximum Gasteiger partial charge on any atom is 0.332 e. The van der Waals surface area contributed by atoms with Crippen molar-refractivity contribution in [2.45, 2.75) is 57.1 Å². The van der Waals surface area contributed by atoms with Crippen molar-refractivity contribution < 1.29 is 13.2 Å². The number of hydrogen-bond acceptors (Lipinski definition) is 4. The molecular formula is C19H27N3O3S. The highest BCUT2D eigenvalue weighted by Crippen LogP contribution is 2.38. The summed E-state index contributed by atoms with van der Waals surface area (Å²) in [7, 11) is -3.63. The molecule has 0 radical (unpaired) electrons. The summed E-state index contributed by atoms with van der Waals surface area (Å²) in [6, 6.07) is 1.68. The molecule has 0 bridgehead atoms. The molecule has 0 atom stereocenters. The Labute approximate surface area is 155 Å². The number of fused-ring (bicyclic) bond motifs is 2. The first-order chi connectivity index (χ1) is 12.5. The number of aryl methyl sites for hydroxylation is 2. The van der Waals surface area contributed by atoms with Crippen LogP contribution in [0.15, 0.2) is 6.07 Å². The number of nitrogens with zero attached hydrogens (tertiary/aromatic N) is 1. The summed E-state index contributed by atoms with van der Waals surface area (Å²) in [6.45, 7) is 3.99. The van der Waals surface area contributed by atoms with Crippen LogP contribution in [0.4, 0.5) is 10.5 Å².